The molecular weight excluding hydrogens is 680 g/mol. The summed E-state index contributed by atoms with van der Waals surface area (Å²) in [5, 5.41) is 5.50. The molecule has 4 heterocycles. The van der Waals surface area contributed by atoms with Crippen molar-refractivity contribution < 1.29 is 0 Å². The van der Waals surface area contributed by atoms with E-state index in [2.05, 4.69) is 169 Å². The molecule has 6 aromatic rings. The van der Waals surface area contributed by atoms with Crippen LogP contribution in [0.15, 0.2) is 181 Å². The Bertz CT molecular complexity index is 2670. The van der Waals surface area contributed by atoms with Gasteiger partial charge in [0.25, 0.3) is 0 Å². The molecule has 0 N–H and O–H groups in total. The topological polar surface area (TPSA) is 34.6 Å². The van der Waals surface area contributed by atoms with E-state index < -0.39 is 0 Å². The Hall–Kier alpha value is -5.71. The molecule has 0 aliphatic heterocycles. The normalized spacial score (nSPS) is 20.7. The molecule has 4 nitrogen and oxygen atoms in total. The quantitative estimate of drug-likeness (QED) is 0.139. The maximum atomic E-state index is 6.95. The molecule has 0 saturated carbocycles. The number of nitrogens with zero attached hydrogens (tertiary/aromatic N) is 4. The van der Waals surface area contributed by atoms with Gasteiger partial charge in [-0.25, -0.2) is 9.97 Å². The number of hydrogen-bond acceptors (Lipinski definition) is 2. The maximum Gasteiger partial charge on any atom is 0.144 e. The number of benzene rings is 2. The second kappa shape index (κ2) is 15.3. The van der Waals surface area contributed by atoms with Gasteiger partial charge in [-0.3, -0.25) is 0 Å². The van der Waals surface area contributed by atoms with Gasteiger partial charge in [-0.2, -0.15) is 0 Å². The lowest BCUT2D eigenvalue weighted by Crippen LogP contribution is -2.00. The van der Waals surface area contributed by atoms with Crippen molar-refractivity contribution in [1.82, 2.24) is 18.8 Å². The van der Waals surface area contributed by atoms with Gasteiger partial charge in [0.15, 0.2) is 0 Å². The van der Waals surface area contributed by atoms with Crippen LogP contribution < -0.4 is 0 Å². The van der Waals surface area contributed by atoms with Crippen molar-refractivity contribution in [1.29, 1.82) is 0 Å². The minimum Gasteiger partial charge on any atom is -0.306 e. The summed E-state index contributed by atoms with van der Waals surface area (Å²) in [5.41, 5.74) is 10.3. The van der Waals surface area contributed by atoms with E-state index in [-0.39, 0.29) is 17.8 Å². The lowest BCUT2D eigenvalue weighted by molar-refractivity contribution is 0.716. The lowest BCUT2D eigenvalue weighted by Gasteiger charge is -2.17. The van der Waals surface area contributed by atoms with E-state index in [0.717, 1.165) is 57.9 Å². The minimum atomic E-state index is 0.157. The Kier molecular flexibility index (Phi) is 10.0. The molecule has 0 amide bonds. The van der Waals surface area contributed by atoms with Crippen LogP contribution in [0.25, 0.3) is 32.8 Å². The molecule has 54 heavy (non-hydrogen) atoms. The van der Waals surface area contributed by atoms with Gasteiger partial charge in [0, 0.05) is 52.4 Å². The number of halogens is 1. The highest BCUT2D eigenvalue weighted by atomic mass is 35.5. The highest BCUT2D eigenvalue weighted by Gasteiger charge is 2.15. The summed E-state index contributed by atoms with van der Waals surface area (Å²) >= 11 is 6.95. The minimum absolute atomic E-state index is 0.157. The zero-order valence-corrected chi connectivity index (χ0v) is 31.9. The Morgan fingerprint density at radius 1 is 0.833 bits per heavy atom. The molecule has 268 valence electrons. The third-order valence-electron chi connectivity index (χ3n) is 10.5. The number of fused-ring (bicyclic) bond motifs is 6. The smallest absolute Gasteiger partial charge is 0.144 e. The largest absolute Gasteiger partial charge is 0.306 e. The first-order chi connectivity index (χ1) is 26.3. The van der Waals surface area contributed by atoms with Crippen LogP contribution >= 0.6 is 11.6 Å². The molecule has 0 bridgehead atoms. The summed E-state index contributed by atoms with van der Waals surface area (Å²) in [6.07, 6.45) is 39.4. The van der Waals surface area contributed by atoms with Crippen LogP contribution in [0, 0.1) is 19.8 Å². The predicted octanol–water partition coefficient (Wildman–Crippen LogP) is 12.9. The van der Waals surface area contributed by atoms with E-state index in [9.17, 15) is 0 Å². The van der Waals surface area contributed by atoms with Crippen LogP contribution in [0.3, 0.4) is 0 Å². The number of hydrogen-bond donors (Lipinski definition) is 0. The molecule has 3 unspecified atom stereocenters. The molecule has 3 atom stereocenters. The standard InChI is InChI=1S/C49H45ClN4/c1-5-36(25-38-12-9-10-14-40(27-38)42-16-18-47-44(30-42)20-22-54-32-35(4)52-49(47)54)28-45(50)24-33(2)23-37-11-7-6-8-13-39(26-37)41-15-17-46-43(29-41)19-21-53-31-34(3)51-48(46)53/h5-12,14-22,24,26-33,39-40H,1,13,23,25H2,2-4H3/b8-6+,11-7-,36-28+,37-26+,45-24+. The van der Waals surface area contributed by atoms with Crippen molar-refractivity contribution in [2.24, 2.45) is 5.92 Å². The van der Waals surface area contributed by atoms with Crippen LogP contribution in [0.4, 0.5) is 0 Å². The van der Waals surface area contributed by atoms with Crippen molar-refractivity contribution in [3.8, 4) is 0 Å². The zero-order valence-electron chi connectivity index (χ0n) is 31.2. The van der Waals surface area contributed by atoms with Crippen molar-refractivity contribution in [2.45, 2.75) is 51.9 Å². The number of imidazole rings is 2. The van der Waals surface area contributed by atoms with E-state index >= 15 is 0 Å². The molecule has 0 saturated heterocycles. The highest BCUT2D eigenvalue weighted by molar-refractivity contribution is 6.31. The van der Waals surface area contributed by atoms with E-state index in [1.54, 1.807) is 0 Å². The molecule has 8 rings (SSSR count). The van der Waals surface area contributed by atoms with E-state index in [4.69, 9.17) is 21.6 Å². The molecule has 0 fully saturated rings. The van der Waals surface area contributed by atoms with Crippen molar-refractivity contribution in [3.63, 3.8) is 0 Å². The molecule has 2 aliphatic rings. The summed E-state index contributed by atoms with van der Waals surface area (Å²) in [6.45, 7) is 10.5. The van der Waals surface area contributed by atoms with Gasteiger partial charge < -0.3 is 8.80 Å². The summed E-state index contributed by atoms with van der Waals surface area (Å²) < 4.78 is 4.21. The Morgan fingerprint density at radius 2 is 1.48 bits per heavy atom. The molecule has 0 radical (unpaired) electrons. The average molecular weight is 725 g/mol. The highest BCUT2D eigenvalue weighted by Crippen LogP contribution is 2.33. The van der Waals surface area contributed by atoms with Gasteiger partial charge in [-0.15, -0.1) is 0 Å². The van der Waals surface area contributed by atoms with Gasteiger partial charge >= 0.3 is 0 Å². The first-order valence-electron chi connectivity index (χ1n) is 18.9. The van der Waals surface area contributed by atoms with E-state index in [1.807, 2.05) is 19.9 Å². The second-order valence-electron chi connectivity index (χ2n) is 14.8. The van der Waals surface area contributed by atoms with Crippen molar-refractivity contribution >= 4 is 44.4 Å². The van der Waals surface area contributed by atoms with E-state index in [1.165, 1.54) is 38.4 Å². The fourth-order valence-corrected chi connectivity index (χ4v) is 8.23. The van der Waals surface area contributed by atoms with Crippen LogP contribution in [0.2, 0.25) is 0 Å². The average Bonchev–Trinajstić information content (AvgIpc) is 3.65. The van der Waals surface area contributed by atoms with Crippen LogP contribution in [0.5, 0.6) is 0 Å². The SMILES string of the molecule is C=C/C(=C\C(Cl)=C/C(C)CC1=C/C(c2ccc3c(ccn4cc(C)nc34)c2)C/C=C/C=C\1)CC1=CC(c2ccc3c(ccn4cc(C)nc34)c2)C=CC=C1. The van der Waals surface area contributed by atoms with Gasteiger partial charge in [0.2, 0.25) is 0 Å². The first-order valence-corrected chi connectivity index (χ1v) is 19.2. The lowest BCUT2D eigenvalue weighted by atomic mass is 9.88. The van der Waals surface area contributed by atoms with E-state index in [0.29, 0.717) is 0 Å². The Balaban J connectivity index is 0.973. The van der Waals surface area contributed by atoms with Crippen molar-refractivity contribution in [2.75, 3.05) is 0 Å². The zero-order chi connectivity index (χ0) is 37.2. The van der Waals surface area contributed by atoms with Gasteiger partial charge in [0.05, 0.1) is 11.4 Å². The molecular formula is C49H45ClN4. The van der Waals surface area contributed by atoms with Crippen LogP contribution in [-0.2, 0) is 0 Å². The number of rotatable bonds is 9. The van der Waals surface area contributed by atoms with Crippen molar-refractivity contribution in [3.05, 3.63) is 203 Å². The third-order valence-corrected chi connectivity index (χ3v) is 10.7. The fraction of sp³-hybridized carbons (Fsp3) is 0.184. The fourth-order valence-electron chi connectivity index (χ4n) is 7.87. The monoisotopic (exact) mass is 724 g/mol. The molecule has 2 aliphatic carbocycles. The summed E-state index contributed by atoms with van der Waals surface area (Å²) in [5.74, 6) is 0.691. The molecule has 2 aromatic carbocycles. The summed E-state index contributed by atoms with van der Waals surface area (Å²) in [4.78, 5) is 9.51. The second-order valence-corrected chi connectivity index (χ2v) is 15.2. The summed E-state index contributed by atoms with van der Waals surface area (Å²) in [7, 11) is 0. The number of aryl methyl sites for hydroxylation is 2. The Labute approximate surface area is 322 Å². The predicted molar refractivity (Wildman–Crippen MR) is 228 cm³/mol. The number of allylic oxidation sites excluding steroid dienone is 17. The molecule has 0 spiro atoms. The van der Waals surface area contributed by atoms with Crippen LogP contribution in [0.1, 0.15) is 60.5 Å². The summed E-state index contributed by atoms with van der Waals surface area (Å²) in [6, 6.07) is 17.9. The van der Waals surface area contributed by atoms with Gasteiger partial charge in [0.1, 0.15) is 11.3 Å². The molecule has 5 heteroatoms. The first kappa shape index (κ1) is 35.3. The number of aromatic nitrogens is 4. The molecule has 4 aromatic heterocycles. The van der Waals surface area contributed by atoms with Gasteiger partial charge in [-0.1, -0.05) is 140 Å². The van der Waals surface area contributed by atoms with Gasteiger partial charge in [-0.05, 0) is 90.3 Å². The maximum absolute atomic E-state index is 6.95. The Morgan fingerprint density at radius 3 is 2.19 bits per heavy atom. The third kappa shape index (κ3) is 7.67. The van der Waals surface area contributed by atoms with Crippen LogP contribution in [-0.4, -0.2) is 18.8 Å². The number of pyridine rings is 2.